The molecule has 3 aromatic rings. The molecule has 0 aliphatic carbocycles. The summed E-state index contributed by atoms with van der Waals surface area (Å²) in [5, 5.41) is 16.7. The van der Waals surface area contributed by atoms with Gasteiger partial charge in [-0.05, 0) is 44.0 Å². The van der Waals surface area contributed by atoms with Crippen molar-refractivity contribution in [2.24, 2.45) is 0 Å². The summed E-state index contributed by atoms with van der Waals surface area (Å²) in [5.74, 6) is -0.638. The fraction of sp³-hybridized carbons (Fsp3) is 0.217. The molecule has 0 saturated carbocycles. The van der Waals surface area contributed by atoms with Gasteiger partial charge in [-0.1, -0.05) is 24.3 Å². The highest BCUT2D eigenvalue weighted by molar-refractivity contribution is 8.00. The molecule has 7 nitrogen and oxygen atoms in total. The molecule has 0 saturated heterocycles. The van der Waals surface area contributed by atoms with Gasteiger partial charge in [0, 0.05) is 17.0 Å². The van der Waals surface area contributed by atoms with E-state index in [0.717, 1.165) is 17.4 Å². The van der Waals surface area contributed by atoms with E-state index in [1.807, 2.05) is 30.3 Å². The molecule has 1 heterocycles. The number of benzene rings is 2. The fourth-order valence-corrected chi connectivity index (χ4v) is 3.81. The maximum Gasteiger partial charge on any atom is 0.230 e. The van der Waals surface area contributed by atoms with Gasteiger partial charge in [0.25, 0.3) is 0 Å². The number of para-hydroxylation sites is 1. The first-order chi connectivity index (χ1) is 15.4. The van der Waals surface area contributed by atoms with Crippen molar-refractivity contribution in [3.05, 3.63) is 71.2 Å². The van der Waals surface area contributed by atoms with Gasteiger partial charge in [-0.15, -0.1) is 11.8 Å². The highest BCUT2D eigenvalue weighted by atomic mass is 32.2. The highest BCUT2D eigenvalue weighted by Crippen LogP contribution is 2.23. The first-order valence-electron chi connectivity index (χ1n) is 9.93. The van der Waals surface area contributed by atoms with Gasteiger partial charge in [0.05, 0.1) is 17.1 Å². The summed E-state index contributed by atoms with van der Waals surface area (Å²) in [6, 6.07) is 15.6. The molecule has 0 bridgehead atoms. The first kappa shape index (κ1) is 23.0. The monoisotopic (exact) mass is 451 g/mol. The van der Waals surface area contributed by atoms with Crippen molar-refractivity contribution in [2.45, 2.75) is 24.7 Å². The van der Waals surface area contributed by atoms with Crippen LogP contribution in [0.15, 0.2) is 53.4 Å². The van der Waals surface area contributed by atoms with Gasteiger partial charge in [0.1, 0.15) is 23.3 Å². The quantitative estimate of drug-likeness (QED) is 0.292. The maximum atomic E-state index is 14.0. The molecule has 1 amide bonds. The molecule has 0 spiro atoms. The lowest BCUT2D eigenvalue weighted by atomic mass is 10.1. The number of ketones is 1. The minimum atomic E-state index is -0.522. The van der Waals surface area contributed by atoms with Gasteiger partial charge in [-0.25, -0.2) is 9.07 Å². The molecule has 0 fully saturated rings. The minimum absolute atomic E-state index is 0.0510. The number of carbonyl (C=O) groups excluding carboxylic acids is 2. The number of Topliss-reactive ketones (excluding diaryl/α,β-unsaturated/α-hetero) is 1. The molecule has 0 unspecified atom stereocenters. The van der Waals surface area contributed by atoms with Gasteiger partial charge in [0.15, 0.2) is 5.78 Å². The Morgan fingerprint density at radius 3 is 2.66 bits per heavy atom. The van der Waals surface area contributed by atoms with E-state index in [1.54, 1.807) is 6.07 Å². The third-order valence-electron chi connectivity index (χ3n) is 4.72. The molecule has 164 valence electrons. The number of carbonyl (C=O) groups is 2. The van der Waals surface area contributed by atoms with Crippen LogP contribution in [0.1, 0.15) is 35.0 Å². The van der Waals surface area contributed by atoms with E-state index < -0.39 is 5.82 Å². The molecule has 9 heteroatoms. The molecular formula is C23H22FN5O2S. The van der Waals surface area contributed by atoms with E-state index in [1.165, 1.54) is 23.7 Å². The lowest BCUT2D eigenvalue weighted by molar-refractivity contribution is -0.118. The summed E-state index contributed by atoms with van der Waals surface area (Å²) in [4.78, 5) is 23.7. The van der Waals surface area contributed by atoms with Crippen LogP contribution in [0.3, 0.4) is 0 Å². The van der Waals surface area contributed by atoms with Crippen LogP contribution in [0.25, 0.3) is 5.69 Å². The zero-order chi connectivity index (χ0) is 23.1. The largest absolute Gasteiger partial charge is 0.382 e. The van der Waals surface area contributed by atoms with Crippen molar-refractivity contribution in [1.29, 1.82) is 5.26 Å². The van der Waals surface area contributed by atoms with E-state index in [4.69, 9.17) is 5.73 Å². The number of nitriles is 1. The zero-order valence-electron chi connectivity index (χ0n) is 17.5. The second kappa shape index (κ2) is 10.6. The summed E-state index contributed by atoms with van der Waals surface area (Å²) in [6.07, 6.45) is 1.04. The Bertz CT molecular complexity index is 1170. The highest BCUT2D eigenvalue weighted by Gasteiger charge is 2.16. The van der Waals surface area contributed by atoms with Gasteiger partial charge < -0.3 is 11.1 Å². The number of amides is 1. The van der Waals surface area contributed by atoms with E-state index in [2.05, 4.69) is 16.5 Å². The molecular weight excluding hydrogens is 429 g/mol. The molecule has 0 radical (unpaired) electrons. The number of nitrogens with one attached hydrogen (secondary N) is 1. The van der Waals surface area contributed by atoms with Crippen LogP contribution in [-0.4, -0.2) is 33.8 Å². The standard InChI is InChI=1S/C23H22FN5O2S/c1-15(30)16-9-10-21(19(24)12-16)32-14-22(31)27-11-5-8-20-18(13-25)23(26)29(28-20)17-6-3-2-4-7-17/h2-4,6-7,9-10,12H,5,8,11,14,26H2,1H3,(H,27,31). The van der Waals surface area contributed by atoms with Crippen molar-refractivity contribution in [1.82, 2.24) is 15.1 Å². The van der Waals surface area contributed by atoms with Gasteiger partial charge >= 0.3 is 0 Å². The number of aryl methyl sites for hydroxylation is 1. The third kappa shape index (κ3) is 5.53. The Labute approximate surface area is 189 Å². The number of aromatic nitrogens is 2. The van der Waals surface area contributed by atoms with E-state index in [9.17, 15) is 19.2 Å². The van der Waals surface area contributed by atoms with Crippen LogP contribution in [-0.2, 0) is 11.2 Å². The number of rotatable bonds is 9. The molecule has 0 aliphatic rings. The SMILES string of the molecule is CC(=O)c1ccc(SCC(=O)NCCCc2nn(-c3ccccc3)c(N)c2C#N)c(F)c1. The summed E-state index contributed by atoms with van der Waals surface area (Å²) in [5.41, 5.74) is 8.06. The fourth-order valence-electron chi connectivity index (χ4n) is 3.06. The number of halogens is 1. The summed E-state index contributed by atoms with van der Waals surface area (Å²) >= 11 is 1.07. The molecule has 32 heavy (non-hydrogen) atoms. The molecule has 3 N–H and O–H groups in total. The minimum Gasteiger partial charge on any atom is -0.382 e. The summed E-state index contributed by atoms with van der Waals surface area (Å²) in [6.45, 7) is 1.75. The average Bonchev–Trinajstić information content (AvgIpc) is 3.11. The third-order valence-corrected chi connectivity index (χ3v) is 5.76. The molecule has 1 aromatic heterocycles. The summed E-state index contributed by atoms with van der Waals surface area (Å²) < 4.78 is 15.6. The van der Waals surface area contributed by atoms with Crippen LogP contribution in [0.4, 0.5) is 10.2 Å². The number of hydrogen-bond acceptors (Lipinski definition) is 6. The number of nitrogens with two attached hydrogens (primary N) is 1. The predicted molar refractivity (Wildman–Crippen MR) is 121 cm³/mol. The number of nitrogens with zero attached hydrogens (tertiary/aromatic N) is 3. The number of thioether (sulfide) groups is 1. The lowest BCUT2D eigenvalue weighted by Gasteiger charge is -2.06. The Morgan fingerprint density at radius 2 is 2.00 bits per heavy atom. The Hall–Kier alpha value is -3.64. The van der Waals surface area contributed by atoms with E-state index in [-0.39, 0.29) is 23.3 Å². The normalized spacial score (nSPS) is 10.5. The topological polar surface area (TPSA) is 114 Å². The first-order valence-corrected chi connectivity index (χ1v) is 10.9. The van der Waals surface area contributed by atoms with E-state index >= 15 is 0 Å². The number of nitrogen functional groups attached to an aromatic ring is 1. The average molecular weight is 452 g/mol. The van der Waals surface area contributed by atoms with Crippen LogP contribution < -0.4 is 11.1 Å². The van der Waals surface area contributed by atoms with Crippen LogP contribution in [0.2, 0.25) is 0 Å². The Morgan fingerprint density at radius 1 is 1.25 bits per heavy atom. The second-order valence-corrected chi connectivity index (χ2v) is 8.03. The van der Waals surface area contributed by atoms with Crippen LogP contribution >= 0.6 is 11.8 Å². The van der Waals surface area contributed by atoms with Crippen molar-refractivity contribution < 1.29 is 14.0 Å². The Balaban J connectivity index is 1.50. The zero-order valence-corrected chi connectivity index (χ0v) is 18.3. The molecule has 0 aliphatic heterocycles. The van der Waals surface area contributed by atoms with Crippen molar-refractivity contribution >= 4 is 29.3 Å². The number of anilines is 1. The van der Waals surface area contributed by atoms with Crippen molar-refractivity contribution in [3.8, 4) is 11.8 Å². The van der Waals surface area contributed by atoms with Crippen LogP contribution in [0.5, 0.6) is 0 Å². The van der Waals surface area contributed by atoms with Crippen LogP contribution in [0, 0.1) is 17.1 Å². The van der Waals surface area contributed by atoms with Gasteiger partial charge in [-0.2, -0.15) is 10.4 Å². The van der Waals surface area contributed by atoms with Crippen molar-refractivity contribution in [3.63, 3.8) is 0 Å². The lowest BCUT2D eigenvalue weighted by Crippen LogP contribution is -2.26. The molecule has 0 atom stereocenters. The maximum absolute atomic E-state index is 14.0. The smallest absolute Gasteiger partial charge is 0.230 e. The number of hydrogen-bond donors (Lipinski definition) is 2. The van der Waals surface area contributed by atoms with Gasteiger partial charge in [0.2, 0.25) is 5.91 Å². The molecule has 3 rings (SSSR count). The van der Waals surface area contributed by atoms with Gasteiger partial charge in [-0.3, -0.25) is 9.59 Å². The second-order valence-electron chi connectivity index (χ2n) is 7.01. The Kier molecular flexibility index (Phi) is 7.63. The summed E-state index contributed by atoms with van der Waals surface area (Å²) in [7, 11) is 0. The van der Waals surface area contributed by atoms with E-state index in [0.29, 0.717) is 41.1 Å². The predicted octanol–water partition coefficient (Wildman–Crippen LogP) is 3.51. The van der Waals surface area contributed by atoms with Crippen molar-refractivity contribution in [2.75, 3.05) is 18.0 Å². The molecule has 2 aromatic carbocycles.